The van der Waals surface area contributed by atoms with E-state index in [0.717, 1.165) is 12.0 Å². The molecule has 14 heavy (non-hydrogen) atoms. The van der Waals surface area contributed by atoms with E-state index >= 15 is 0 Å². The van der Waals surface area contributed by atoms with Crippen LogP contribution in [0.5, 0.6) is 5.75 Å². The summed E-state index contributed by atoms with van der Waals surface area (Å²) in [7, 11) is 0. The van der Waals surface area contributed by atoms with E-state index in [1.54, 1.807) is 12.1 Å². The summed E-state index contributed by atoms with van der Waals surface area (Å²) in [6, 6.07) is 7.32. The van der Waals surface area contributed by atoms with Gasteiger partial charge < -0.3 is 5.11 Å². The quantitative estimate of drug-likeness (QED) is 0.767. The average molecular weight is 190 g/mol. The second-order valence-electron chi connectivity index (χ2n) is 3.82. The number of hydrogen-bond acceptors (Lipinski definition) is 1. The van der Waals surface area contributed by atoms with E-state index in [0.29, 0.717) is 11.7 Å². The fraction of sp³-hybridized carbons (Fsp3) is 0.385. The van der Waals surface area contributed by atoms with Gasteiger partial charge in [0.25, 0.3) is 0 Å². The SMILES string of the molecule is CCC(=Cc1ccc(O)cc1)C(C)C. The van der Waals surface area contributed by atoms with Gasteiger partial charge in [-0.2, -0.15) is 0 Å². The molecule has 0 saturated heterocycles. The number of phenols is 1. The van der Waals surface area contributed by atoms with Crippen LogP contribution in [0, 0.1) is 5.92 Å². The summed E-state index contributed by atoms with van der Waals surface area (Å²) in [6.07, 6.45) is 3.28. The summed E-state index contributed by atoms with van der Waals surface area (Å²) in [5, 5.41) is 9.14. The lowest BCUT2D eigenvalue weighted by Crippen LogP contribution is -1.91. The number of benzene rings is 1. The largest absolute Gasteiger partial charge is 0.508 e. The minimum absolute atomic E-state index is 0.324. The molecule has 0 fully saturated rings. The third-order valence-corrected chi connectivity index (χ3v) is 2.39. The number of aromatic hydroxyl groups is 1. The average Bonchev–Trinajstić information content (AvgIpc) is 2.16. The Balaban J connectivity index is 2.89. The zero-order chi connectivity index (χ0) is 10.6. The maximum atomic E-state index is 9.14. The van der Waals surface area contributed by atoms with Crippen LogP contribution in [0.2, 0.25) is 0 Å². The predicted molar refractivity (Wildman–Crippen MR) is 61.2 cm³/mol. The topological polar surface area (TPSA) is 20.2 Å². The molecule has 0 radical (unpaired) electrons. The zero-order valence-electron chi connectivity index (χ0n) is 9.12. The molecule has 1 nitrogen and oxygen atoms in total. The second-order valence-corrected chi connectivity index (χ2v) is 3.82. The molecule has 76 valence electrons. The van der Waals surface area contributed by atoms with E-state index in [2.05, 4.69) is 26.8 Å². The van der Waals surface area contributed by atoms with Crippen molar-refractivity contribution < 1.29 is 5.11 Å². The Morgan fingerprint density at radius 2 is 1.86 bits per heavy atom. The molecule has 0 unspecified atom stereocenters. The lowest BCUT2D eigenvalue weighted by Gasteiger charge is -2.08. The van der Waals surface area contributed by atoms with Gasteiger partial charge in [-0.05, 0) is 30.0 Å². The summed E-state index contributed by atoms with van der Waals surface area (Å²) in [5.41, 5.74) is 2.60. The summed E-state index contributed by atoms with van der Waals surface area (Å²) in [6.45, 7) is 6.58. The first kappa shape index (κ1) is 10.8. The Morgan fingerprint density at radius 3 is 2.29 bits per heavy atom. The lowest BCUT2D eigenvalue weighted by atomic mass is 9.98. The third-order valence-electron chi connectivity index (χ3n) is 2.39. The molecule has 1 rings (SSSR count). The molecular formula is C13H18O. The minimum atomic E-state index is 0.324. The maximum Gasteiger partial charge on any atom is 0.115 e. The van der Waals surface area contributed by atoms with Gasteiger partial charge in [0.05, 0.1) is 0 Å². The highest BCUT2D eigenvalue weighted by atomic mass is 16.3. The van der Waals surface area contributed by atoms with Crippen LogP contribution in [0.3, 0.4) is 0 Å². The first-order valence-electron chi connectivity index (χ1n) is 5.13. The molecule has 0 aliphatic rings. The van der Waals surface area contributed by atoms with Crippen molar-refractivity contribution >= 4 is 6.08 Å². The molecule has 1 aromatic carbocycles. The second kappa shape index (κ2) is 4.85. The van der Waals surface area contributed by atoms with Crippen LogP contribution in [-0.4, -0.2) is 5.11 Å². The maximum absolute atomic E-state index is 9.14. The number of rotatable bonds is 3. The summed E-state index contributed by atoms with van der Waals surface area (Å²) in [4.78, 5) is 0. The van der Waals surface area contributed by atoms with Crippen molar-refractivity contribution in [2.24, 2.45) is 5.92 Å². The fourth-order valence-corrected chi connectivity index (χ4v) is 1.46. The Kier molecular flexibility index (Phi) is 3.75. The molecule has 1 N–H and O–H groups in total. The highest BCUT2D eigenvalue weighted by Gasteiger charge is 2.00. The monoisotopic (exact) mass is 190 g/mol. The van der Waals surface area contributed by atoms with Crippen LogP contribution in [0.15, 0.2) is 29.8 Å². The van der Waals surface area contributed by atoms with E-state index in [1.165, 1.54) is 5.57 Å². The van der Waals surface area contributed by atoms with Crippen LogP contribution < -0.4 is 0 Å². The van der Waals surface area contributed by atoms with Crippen LogP contribution >= 0.6 is 0 Å². The van der Waals surface area contributed by atoms with Crippen LogP contribution in [0.4, 0.5) is 0 Å². The molecule has 0 saturated carbocycles. The van der Waals surface area contributed by atoms with E-state index in [1.807, 2.05) is 12.1 Å². The first-order chi connectivity index (χ1) is 6.63. The number of allylic oxidation sites excluding steroid dienone is 1. The summed E-state index contributed by atoms with van der Waals surface area (Å²) in [5.74, 6) is 0.915. The molecule has 1 aromatic rings. The molecule has 0 heterocycles. The van der Waals surface area contributed by atoms with Crippen LogP contribution in [0.1, 0.15) is 32.8 Å². The standard InChI is InChI=1S/C13H18O/c1-4-12(10(2)3)9-11-5-7-13(14)8-6-11/h5-10,14H,4H2,1-3H3. The van der Waals surface area contributed by atoms with Gasteiger partial charge >= 0.3 is 0 Å². The Bertz CT molecular complexity index is 307. The van der Waals surface area contributed by atoms with Crippen LogP contribution in [-0.2, 0) is 0 Å². The molecule has 1 heteroatoms. The van der Waals surface area contributed by atoms with Gasteiger partial charge in [0, 0.05) is 0 Å². The van der Waals surface area contributed by atoms with Gasteiger partial charge in [0.1, 0.15) is 5.75 Å². The predicted octanol–water partition coefficient (Wildman–Crippen LogP) is 3.84. The van der Waals surface area contributed by atoms with E-state index in [-0.39, 0.29) is 0 Å². The number of hydrogen-bond donors (Lipinski definition) is 1. The summed E-state index contributed by atoms with van der Waals surface area (Å²) < 4.78 is 0. The third kappa shape index (κ3) is 2.91. The van der Waals surface area contributed by atoms with Crippen molar-refractivity contribution in [3.63, 3.8) is 0 Å². The van der Waals surface area contributed by atoms with E-state index in [4.69, 9.17) is 5.11 Å². The van der Waals surface area contributed by atoms with Gasteiger partial charge in [0.15, 0.2) is 0 Å². The Morgan fingerprint density at radius 1 is 1.29 bits per heavy atom. The van der Waals surface area contributed by atoms with Gasteiger partial charge in [-0.3, -0.25) is 0 Å². The summed E-state index contributed by atoms with van der Waals surface area (Å²) >= 11 is 0. The van der Waals surface area contributed by atoms with E-state index < -0.39 is 0 Å². The molecule has 0 amide bonds. The zero-order valence-corrected chi connectivity index (χ0v) is 9.12. The minimum Gasteiger partial charge on any atom is -0.508 e. The molecule has 0 atom stereocenters. The normalized spacial score (nSPS) is 12.1. The molecule has 0 aliphatic carbocycles. The molecular weight excluding hydrogens is 172 g/mol. The Hall–Kier alpha value is -1.24. The van der Waals surface area contributed by atoms with Crippen LogP contribution in [0.25, 0.3) is 6.08 Å². The lowest BCUT2D eigenvalue weighted by molar-refractivity contribution is 0.475. The highest BCUT2D eigenvalue weighted by Crippen LogP contribution is 2.19. The van der Waals surface area contributed by atoms with Crippen molar-refractivity contribution in [3.8, 4) is 5.75 Å². The molecule has 0 aromatic heterocycles. The van der Waals surface area contributed by atoms with E-state index in [9.17, 15) is 0 Å². The van der Waals surface area contributed by atoms with Crippen molar-refractivity contribution in [1.82, 2.24) is 0 Å². The van der Waals surface area contributed by atoms with Crippen molar-refractivity contribution in [2.45, 2.75) is 27.2 Å². The molecule has 0 aliphatic heterocycles. The fourth-order valence-electron chi connectivity index (χ4n) is 1.46. The molecule has 0 spiro atoms. The number of phenolic OH excluding ortho intramolecular Hbond substituents is 1. The van der Waals surface area contributed by atoms with Gasteiger partial charge in [0.2, 0.25) is 0 Å². The Labute approximate surface area is 86.1 Å². The molecule has 0 bridgehead atoms. The highest BCUT2D eigenvalue weighted by molar-refractivity contribution is 5.54. The smallest absolute Gasteiger partial charge is 0.115 e. The van der Waals surface area contributed by atoms with Crippen molar-refractivity contribution in [3.05, 3.63) is 35.4 Å². The van der Waals surface area contributed by atoms with Gasteiger partial charge in [-0.25, -0.2) is 0 Å². The van der Waals surface area contributed by atoms with Gasteiger partial charge in [-0.1, -0.05) is 44.6 Å². The van der Waals surface area contributed by atoms with Crippen molar-refractivity contribution in [1.29, 1.82) is 0 Å². The van der Waals surface area contributed by atoms with Crippen molar-refractivity contribution in [2.75, 3.05) is 0 Å². The van der Waals surface area contributed by atoms with Gasteiger partial charge in [-0.15, -0.1) is 0 Å². The first-order valence-corrected chi connectivity index (χ1v) is 5.13.